The maximum Gasteiger partial charge on any atom is 0.142 e. The topological polar surface area (TPSA) is 57.5 Å². The van der Waals surface area contributed by atoms with Crippen molar-refractivity contribution in [3.63, 3.8) is 0 Å². The van der Waals surface area contributed by atoms with Crippen molar-refractivity contribution < 1.29 is 17.7 Å². The van der Waals surface area contributed by atoms with Gasteiger partial charge in [-0.1, -0.05) is 54.1 Å². The maximum atomic E-state index is 12.8. The van der Waals surface area contributed by atoms with E-state index in [4.69, 9.17) is 4.74 Å². The summed E-state index contributed by atoms with van der Waals surface area (Å²) in [6, 6.07) is 16.8. The number of morpholine rings is 1. The van der Waals surface area contributed by atoms with E-state index in [-0.39, 0.29) is 9.49 Å². The zero-order valence-electron chi connectivity index (χ0n) is 14.9. The van der Waals surface area contributed by atoms with E-state index in [0.29, 0.717) is 32.8 Å². The van der Waals surface area contributed by atoms with Gasteiger partial charge in [0.2, 0.25) is 0 Å². The first-order chi connectivity index (χ1) is 12.5. The van der Waals surface area contributed by atoms with Crippen molar-refractivity contribution in [1.29, 1.82) is 0 Å². The summed E-state index contributed by atoms with van der Waals surface area (Å²) in [5, 5.41) is 0. The van der Waals surface area contributed by atoms with E-state index in [1.165, 1.54) is 0 Å². The smallest absolute Gasteiger partial charge is 0.142 e. The molecule has 0 N–H and O–H groups in total. The maximum absolute atomic E-state index is 12.8. The summed E-state index contributed by atoms with van der Waals surface area (Å²) in [5.41, 5.74) is 2.10. The van der Waals surface area contributed by atoms with Gasteiger partial charge in [-0.2, -0.15) is 0 Å². The second kappa shape index (κ2) is 8.14. The van der Waals surface area contributed by atoms with E-state index < -0.39 is 10.0 Å². The van der Waals surface area contributed by atoms with Crippen LogP contribution in [0, 0.1) is 6.92 Å². The molecular formula is C20H24N2O3S. The van der Waals surface area contributed by atoms with Crippen LogP contribution in [0.15, 0.2) is 65.6 Å². The van der Waals surface area contributed by atoms with Gasteiger partial charge >= 0.3 is 0 Å². The van der Waals surface area contributed by atoms with Gasteiger partial charge in [-0.3, -0.25) is 0 Å². The number of hydrogen-bond donors (Lipinski definition) is 0. The molecule has 1 aliphatic rings. The van der Waals surface area contributed by atoms with Gasteiger partial charge in [-0.15, -0.1) is 0 Å². The van der Waals surface area contributed by atoms with Gasteiger partial charge in [0.05, 0.1) is 37.7 Å². The van der Waals surface area contributed by atoms with Crippen LogP contribution in [0.3, 0.4) is 0 Å². The first-order valence-electron chi connectivity index (χ1n) is 8.71. The third kappa shape index (κ3) is 4.80. The van der Waals surface area contributed by atoms with E-state index in [9.17, 15) is 8.42 Å². The average molecular weight is 372 g/mol. The van der Waals surface area contributed by atoms with Crippen molar-refractivity contribution in [2.75, 3.05) is 32.8 Å². The van der Waals surface area contributed by atoms with Crippen molar-refractivity contribution in [3.8, 4) is 0 Å². The standard InChI is InChI=1S/C20H24N2O3S/c1-18-9-11-20(12-10-18)26(23,24)21-22(14-16-25-17-15-22)13-5-8-19-6-3-2-4-7-19/h2-12H,13-17H2,1H3/b8-5+. The van der Waals surface area contributed by atoms with Crippen LogP contribution in [0.2, 0.25) is 0 Å². The van der Waals surface area contributed by atoms with Gasteiger partial charge in [-0.25, -0.2) is 8.42 Å². The molecule has 3 rings (SSSR count). The van der Waals surface area contributed by atoms with Crippen molar-refractivity contribution in [3.05, 3.63) is 76.6 Å². The van der Waals surface area contributed by atoms with E-state index in [1.54, 1.807) is 24.3 Å². The fourth-order valence-electron chi connectivity index (χ4n) is 2.91. The van der Waals surface area contributed by atoms with Crippen LogP contribution >= 0.6 is 0 Å². The number of hydrogen-bond acceptors (Lipinski definition) is 3. The molecule has 1 fully saturated rings. The molecule has 0 unspecified atom stereocenters. The summed E-state index contributed by atoms with van der Waals surface area (Å²) < 4.78 is 31.2. The molecule has 2 aromatic carbocycles. The summed E-state index contributed by atoms with van der Waals surface area (Å²) in [4.78, 5) is 4.54. The molecule has 0 radical (unpaired) electrons. The molecule has 0 bridgehead atoms. The highest BCUT2D eigenvalue weighted by atomic mass is 32.2. The summed E-state index contributed by atoms with van der Waals surface area (Å²) in [5.74, 6) is 0. The van der Waals surface area contributed by atoms with Gasteiger partial charge in [0.15, 0.2) is 0 Å². The highest BCUT2D eigenvalue weighted by molar-refractivity contribution is 7.93. The van der Waals surface area contributed by atoms with Gasteiger partial charge in [-0.05, 0) is 30.7 Å². The fourth-order valence-corrected chi connectivity index (χ4v) is 4.18. The number of sulfonamides is 1. The van der Waals surface area contributed by atoms with Crippen molar-refractivity contribution in [2.24, 2.45) is 0 Å². The average Bonchev–Trinajstić information content (AvgIpc) is 2.63. The Balaban J connectivity index is 1.78. The van der Waals surface area contributed by atoms with Crippen LogP contribution in [0.4, 0.5) is 0 Å². The minimum Gasteiger partial charge on any atom is -0.373 e. The summed E-state index contributed by atoms with van der Waals surface area (Å²) in [6.45, 7) is 4.55. The zero-order valence-corrected chi connectivity index (χ0v) is 15.7. The molecule has 0 atom stereocenters. The molecular weight excluding hydrogens is 348 g/mol. The summed E-state index contributed by atoms with van der Waals surface area (Å²) in [7, 11) is -3.72. The Morgan fingerprint density at radius 2 is 1.69 bits per heavy atom. The Morgan fingerprint density at radius 3 is 2.35 bits per heavy atom. The van der Waals surface area contributed by atoms with Crippen LogP contribution < -0.4 is 0 Å². The molecule has 1 heterocycles. The molecule has 138 valence electrons. The molecule has 0 aromatic heterocycles. The number of benzene rings is 2. The van der Waals surface area contributed by atoms with E-state index >= 15 is 0 Å². The lowest BCUT2D eigenvalue weighted by atomic mass is 10.2. The highest BCUT2D eigenvalue weighted by Crippen LogP contribution is 2.27. The normalized spacial score (nSPS) is 17.4. The first-order valence-corrected chi connectivity index (χ1v) is 10.1. The van der Waals surface area contributed by atoms with Crippen molar-refractivity contribution in [2.45, 2.75) is 11.8 Å². The molecule has 1 aliphatic heterocycles. The lowest BCUT2D eigenvalue weighted by Gasteiger charge is -2.49. The largest absolute Gasteiger partial charge is 0.373 e. The lowest BCUT2D eigenvalue weighted by molar-refractivity contribution is -0.888. The molecule has 1 saturated heterocycles. The Kier molecular flexibility index (Phi) is 5.88. The lowest BCUT2D eigenvalue weighted by Crippen LogP contribution is -2.52. The number of ether oxygens (including phenoxy) is 1. The van der Waals surface area contributed by atoms with E-state index in [2.05, 4.69) is 4.83 Å². The Hall–Kier alpha value is -1.99. The van der Waals surface area contributed by atoms with Crippen LogP contribution in [-0.2, 0) is 14.8 Å². The summed E-state index contributed by atoms with van der Waals surface area (Å²) >= 11 is 0. The monoisotopic (exact) mass is 372 g/mol. The van der Waals surface area contributed by atoms with E-state index in [0.717, 1.165) is 11.1 Å². The van der Waals surface area contributed by atoms with Crippen LogP contribution in [0.5, 0.6) is 0 Å². The third-order valence-corrected chi connectivity index (χ3v) is 5.89. The first kappa shape index (κ1) is 18.8. The minimum atomic E-state index is -3.72. The Bertz CT molecular complexity index is 840. The highest BCUT2D eigenvalue weighted by Gasteiger charge is 2.26. The third-order valence-electron chi connectivity index (χ3n) is 4.46. The predicted molar refractivity (Wildman–Crippen MR) is 103 cm³/mol. The second-order valence-corrected chi connectivity index (χ2v) is 8.10. The second-order valence-electron chi connectivity index (χ2n) is 6.52. The summed E-state index contributed by atoms with van der Waals surface area (Å²) in [6.07, 6.45) is 4.00. The molecule has 2 aromatic rings. The molecule has 6 heteroatoms. The quantitative estimate of drug-likeness (QED) is 0.729. The Morgan fingerprint density at radius 1 is 1.04 bits per heavy atom. The molecule has 0 spiro atoms. The number of aryl methyl sites for hydroxylation is 1. The Labute approximate surface area is 155 Å². The van der Waals surface area contributed by atoms with Gasteiger partial charge in [0, 0.05) is 0 Å². The molecule has 0 aliphatic carbocycles. The molecule has 0 amide bonds. The minimum absolute atomic E-state index is 0.138. The molecule has 0 saturated carbocycles. The fraction of sp³-hybridized carbons (Fsp3) is 0.300. The zero-order chi connectivity index (χ0) is 18.5. The number of rotatable bonds is 6. The van der Waals surface area contributed by atoms with E-state index in [1.807, 2.05) is 49.4 Å². The number of nitrogens with zero attached hydrogens (tertiary/aromatic N) is 2. The molecule has 5 nitrogen and oxygen atoms in total. The molecule has 26 heavy (non-hydrogen) atoms. The predicted octanol–water partition coefficient (Wildman–Crippen LogP) is 3.53. The van der Waals surface area contributed by atoms with Crippen molar-refractivity contribution in [1.82, 2.24) is 0 Å². The van der Waals surface area contributed by atoms with Gasteiger partial charge < -0.3 is 14.2 Å². The van der Waals surface area contributed by atoms with Crippen LogP contribution in [-0.4, -0.2) is 45.9 Å². The van der Waals surface area contributed by atoms with Gasteiger partial charge in [0.25, 0.3) is 0 Å². The van der Waals surface area contributed by atoms with Crippen LogP contribution in [0.1, 0.15) is 11.1 Å². The number of quaternary nitrogens is 1. The van der Waals surface area contributed by atoms with Crippen LogP contribution in [0.25, 0.3) is 10.9 Å². The van der Waals surface area contributed by atoms with Crippen molar-refractivity contribution >= 4 is 16.1 Å². The SMILES string of the molecule is Cc1ccc(S(=O)(=O)[N-][N+]2(C/C=C/c3ccccc3)CCOCC2)cc1. The van der Waals surface area contributed by atoms with Gasteiger partial charge in [0.1, 0.15) is 10.0 Å².